The van der Waals surface area contributed by atoms with Crippen molar-refractivity contribution in [2.45, 2.75) is 39.3 Å². The lowest BCUT2D eigenvalue weighted by atomic mass is 10.1. The van der Waals surface area contributed by atoms with Gasteiger partial charge in [0, 0.05) is 13.6 Å². The van der Waals surface area contributed by atoms with Crippen LogP contribution in [0, 0.1) is 6.92 Å². The Balaban J connectivity index is 0.00000122. The number of hydrogen-bond acceptors (Lipinski definition) is 7. The van der Waals surface area contributed by atoms with Gasteiger partial charge in [-0.05, 0) is 43.2 Å². The lowest BCUT2D eigenvalue weighted by molar-refractivity contribution is -0.139. The van der Waals surface area contributed by atoms with Crippen molar-refractivity contribution in [2.24, 2.45) is 5.73 Å². The van der Waals surface area contributed by atoms with Crippen LogP contribution in [-0.4, -0.2) is 46.5 Å². The average Bonchev–Trinajstić information content (AvgIpc) is 3.25. The molecule has 0 saturated heterocycles. The Kier molecular flexibility index (Phi) is 9.10. The first kappa shape index (κ1) is 25.5. The SMILES string of the molecule is CCC[C@H](NC(=O)c1ccc(N(C)Cc2ccc3nc(C)[nH]c(=O)c3c2)s1)C(=O)O.NC=O. The van der Waals surface area contributed by atoms with E-state index in [0.717, 1.165) is 10.6 Å². The molecule has 33 heavy (non-hydrogen) atoms. The molecular weight excluding hydrogens is 446 g/mol. The number of carbonyl (C=O) groups excluding carboxylic acids is 2. The van der Waals surface area contributed by atoms with Gasteiger partial charge >= 0.3 is 5.97 Å². The van der Waals surface area contributed by atoms with Gasteiger partial charge in [-0.25, -0.2) is 9.78 Å². The molecule has 1 atom stereocenters. The molecule has 0 aliphatic carbocycles. The smallest absolute Gasteiger partial charge is 0.326 e. The van der Waals surface area contributed by atoms with Gasteiger partial charge in [-0.3, -0.25) is 14.4 Å². The number of nitrogens with one attached hydrogen (secondary N) is 2. The van der Waals surface area contributed by atoms with Gasteiger partial charge in [0.05, 0.1) is 20.8 Å². The number of amides is 2. The molecule has 0 bridgehead atoms. The highest BCUT2D eigenvalue weighted by atomic mass is 32.1. The van der Waals surface area contributed by atoms with Crippen LogP contribution in [0.4, 0.5) is 5.00 Å². The second kappa shape index (κ2) is 11.8. The summed E-state index contributed by atoms with van der Waals surface area (Å²) < 4.78 is 0. The highest BCUT2D eigenvalue weighted by Gasteiger charge is 2.21. The van der Waals surface area contributed by atoms with Crippen LogP contribution in [0.2, 0.25) is 0 Å². The van der Waals surface area contributed by atoms with Crippen molar-refractivity contribution in [1.29, 1.82) is 0 Å². The molecule has 1 aromatic carbocycles. The summed E-state index contributed by atoms with van der Waals surface area (Å²) in [6, 6.07) is 8.20. The standard InChI is InChI=1S/C21H24N4O4S.CH3NO/c1-4-5-16(21(28)29)24-20(27)17-8-9-18(30-17)25(3)11-13-6-7-15-14(10-13)19(26)23-12(2)22-15;2-1-3/h6-10,16H,4-5,11H2,1-3H3,(H,24,27)(H,28,29)(H,22,23,26);1H,(H2,2,3)/t16-;/m0./s1. The molecule has 0 aliphatic rings. The molecule has 0 aliphatic heterocycles. The minimum Gasteiger partial charge on any atom is -0.480 e. The van der Waals surface area contributed by atoms with Crippen molar-refractivity contribution in [3.05, 3.63) is 57.0 Å². The van der Waals surface area contributed by atoms with E-state index in [-0.39, 0.29) is 17.9 Å². The number of benzene rings is 1. The van der Waals surface area contributed by atoms with Gasteiger partial charge < -0.3 is 26.0 Å². The molecule has 5 N–H and O–H groups in total. The van der Waals surface area contributed by atoms with E-state index in [2.05, 4.69) is 21.0 Å². The maximum absolute atomic E-state index is 12.4. The molecule has 176 valence electrons. The van der Waals surface area contributed by atoms with E-state index >= 15 is 0 Å². The third-order valence-corrected chi connectivity index (χ3v) is 5.88. The van der Waals surface area contributed by atoms with E-state index in [0.29, 0.717) is 41.0 Å². The van der Waals surface area contributed by atoms with Crippen LogP contribution in [0.1, 0.15) is 40.8 Å². The maximum Gasteiger partial charge on any atom is 0.326 e. The summed E-state index contributed by atoms with van der Waals surface area (Å²) in [5.74, 6) is -0.847. The third-order valence-electron chi connectivity index (χ3n) is 4.68. The predicted molar refractivity (Wildman–Crippen MR) is 128 cm³/mol. The fourth-order valence-electron chi connectivity index (χ4n) is 3.18. The van der Waals surface area contributed by atoms with Crippen LogP contribution in [0.15, 0.2) is 35.1 Å². The number of H-pyrrole nitrogens is 1. The molecule has 3 aromatic rings. The number of aliphatic carboxylic acids is 1. The van der Waals surface area contributed by atoms with Gasteiger partial charge in [-0.1, -0.05) is 19.4 Å². The van der Waals surface area contributed by atoms with Crippen molar-refractivity contribution in [3.8, 4) is 0 Å². The Morgan fingerprint density at radius 1 is 1.33 bits per heavy atom. The molecule has 0 unspecified atom stereocenters. The molecule has 10 nitrogen and oxygen atoms in total. The Labute approximate surface area is 194 Å². The Morgan fingerprint density at radius 3 is 2.67 bits per heavy atom. The van der Waals surface area contributed by atoms with E-state index in [1.165, 1.54) is 11.3 Å². The van der Waals surface area contributed by atoms with E-state index in [4.69, 9.17) is 4.79 Å². The zero-order valence-electron chi connectivity index (χ0n) is 18.6. The summed E-state index contributed by atoms with van der Waals surface area (Å²) in [7, 11) is 1.90. The molecule has 2 aromatic heterocycles. The number of rotatable bonds is 8. The number of fused-ring (bicyclic) bond motifs is 1. The van der Waals surface area contributed by atoms with Crippen LogP contribution in [0.25, 0.3) is 10.9 Å². The summed E-state index contributed by atoms with van der Waals surface area (Å²) >= 11 is 1.29. The molecule has 0 radical (unpaired) electrons. The lowest BCUT2D eigenvalue weighted by Gasteiger charge is -2.17. The monoisotopic (exact) mass is 473 g/mol. The zero-order chi connectivity index (χ0) is 24.5. The van der Waals surface area contributed by atoms with Gasteiger partial charge in [0.25, 0.3) is 11.5 Å². The van der Waals surface area contributed by atoms with Crippen molar-refractivity contribution in [3.63, 3.8) is 0 Å². The highest BCUT2D eigenvalue weighted by Crippen LogP contribution is 2.27. The molecule has 0 fully saturated rings. The van der Waals surface area contributed by atoms with E-state index < -0.39 is 12.0 Å². The minimum atomic E-state index is -1.03. The van der Waals surface area contributed by atoms with Crippen LogP contribution >= 0.6 is 11.3 Å². The number of anilines is 1. The summed E-state index contributed by atoms with van der Waals surface area (Å²) in [6.07, 6.45) is 1.30. The first-order valence-corrected chi connectivity index (χ1v) is 11.0. The number of carboxylic acids is 1. The normalized spacial score (nSPS) is 11.2. The number of aromatic nitrogens is 2. The summed E-state index contributed by atoms with van der Waals surface area (Å²) in [4.78, 5) is 53.9. The quantitative estimate of drug-likeness (QED) is 0.364. The van der Waals surface area contributed by atoms with Crippen LogP contribution in [0.3, 0.4) is 0 Å². The molecule has 3 rings (SSSR count). The molecular formula is C22H27N5O5S. The second-order valence-electron chi connectivity index (χ2n) is 7.29. The highest BCUT2D eigenvalue weighted by molar-refractivity contribution is 7.17. The average molecular weight is 474 g/mol. The summed E-state index contributed by atoms with van der Waals surface area (Å²) in [6.45, 7) is 4.16. The molecule has 0 spiro atoms. The van der Waals surface area contributed by atoms with Gasteiger partial charge in [0.1, 0.15) is 11.9 Å². The molecule has 2 amide bonds. The van der Waals surface area contributed by atoms with E-state index in [9.17, 15) is 19.5 Å². The summed E-state index contributed by atoms with van der Waals surface area (Å²) in [5, 5.41) is 13.2. The second-order valence-corrected chi connectivity index (χ2v) is 8.35. The van der Waals surface area contributed by atoms with Gasteiger partial charge in [-0.15, -0.1) is 11.3 Å². The van der Waals surface area contributed by atoms with Gasteiger partial charge in [0.2, 0.25) is 6.41 Å². The number of aromatic amines is 1. The number of carbonyl (C=O) groups is 3. The first-order valence-electron chi connectivity index (χ1n) is 10.2. The number of nitrogens with two attached hydrogens (primary N) is 1. The van der Waals surface area contributed by atoms with Crippen molar-refractivity contribution < 1.29 is 19.5 Å². The zero-order valence-corrected chi connectivity index (χ0v) is 19.4. The maximum atomic E-state index is 12.4. The minimum absolute atomic E-state index is 0.169. The number of hydrogen-bond donors (Lipinski definition) is 4. The topological polar surface area (TPSA) is 158 Å². The van der Waals surface area contributed by atoms with Crippen LogP contribution in [-0.2, 0) is 16.1 Å². The van der Waals surface area contributed by atoms with Gasteiger partial charge in [0.15, 0.2) is 0 Å². The third kappa shape index (κ3) is 6.88. The van der Waals surface area contributed by atoms with E-state index in [1.54, 1.807) is 13.0 Å². The van der Waals surface area contributed by atoms with E-state index in [1.807, 2.05) is 43.1 Å². The number of thiophene rings is 1. The lowest BCUT2D eigenvalue weighted by Crippen LogP contribution is -2.40. The van der Waals surface area contributed by atoms with Crippen molar-refractivity contribution in [2.75, 3.05) is 11.9 Å². The van der Waals surface area contributed by atoms with Crippen molar-refractivity contribution in [1.82, 2.24) is 15.3 Å². The predicted octanol–water partition coefficient (Wildman–Crippen LogP) is 2.01. The fraction of sp³-hybridized carbons (Fsp3) is 0.318. The van der Waals surface area contributed by atoms with Crippen LogP contribution in [0.5, 0.6) is 0 Å². The van der Waals surface area contributed by atoms with Crippen molar-refractivity contribution >= 4 is 45.5 Å². The molecule has 11 heteroatoms. The number of nitrogens with zero attached hydrogens (tertiary/aromatic N) is 2. The number of carboxylic acid groups (broad SMARTS) is 1. The fourth-order valence-corrected chi connectivity index (χ4v) is 4.05. The van der Waals surface area contributed by atoms with Gasteiger partial charge in [-0.2, -0.15) is 0 Å². The van der Waals surface area contributed by atoms with Crippen LogP contribution < -0.4 is 21.5 Å². The first-order chi connectivity index (χ1) is 15.7. The molecule has 2 heterocycles. The summed E-state index contributed by atoms with van der Waals surface area (Å²) in [5.41, 5.74) is 5.59. The number of primary amides is 1. The largest absolute Gasteiger partial charge is 0.480 e. The number of aryl methyl sites for hydroxylation is 1. The molecule has 0 saturated carbocycles. The Morgan fingerprint density at radius 2 is 2.03 bits per heavy atom. The Bertz CT molecular complexity index is 1190. The Hall–Kier alpha value is -3.73.